The molecule has 0 aromatic carbocycles. The molecule has 0 radical (unpaired) electrons. The average Bonchev–Trinajstić information content (AvgIpc) is 2.84. The number of dihydropyridines is 1. The van der Waals surface area contributed by atoms with Crippen LogP contribution in [-0.2, 0) is 0 Å². The summed E-state index contributed by atoms with van der Waals surface area (Å²) in [6, 6.07) is 0.570. The first-order valence-corrected chi connectivity index (χ1v) is 10.3. The number of rotatable bonds is 2. The number of hydrogen-bond donors (Lipinski definition) is 0. The molecule has 2 heteroatoms. The van der Waals surface area contributed by atoms with Gasteiger partial charge in [0, 0.05) is 36.0 Å². The van der Waals surface area contributed by atoms with E-state index in [1.54, 1.807) is 22.5 Å². The molecule has 0 spiro atoms. The van der Waals surface area contributed by atoms with E-state index >= 15 is 0 Å². The lowest BCUT2D eigenvalue weighted by Gasteiger charge is -2.38. The molecule has 0 bridgehead atoms. The van der Waals surface area contributed by atoms with E-state index in [1.807, 2.05) is 0 Å². The second kappa shape index (κ2) is 6.00. The van der Waals surface area contributed by atoms with Gasteiger partial charge in [-0.3, -0.25) is 4.99 Å². The Morgan fingerprint density at radius 3 is 3.00 bits per heavy atom. The Labute approximate surface area is 152 Å². The summed E-state index contributed by atoms with van der Waals surface area (Å²) >= 11 is 0. The highest BCUT2D eigenvalue weighted by Gasteiger charge is 2.49. The van der Waals surface area contributed by atoms with Crippen LogP contribution in [0.3, 0.4) is 0 Å². The minimum atomic E-state index is 0.570. The molecule has 1 fully saturated rings. The number of nitrogens with zero attached hydrogens (tertiary/aromatic N) is 2. The summed E-state index contributed by atoms with van der Waals surface area (Å²) < 4.78 is 0. The van der Waals surface area contributed by atoms with Gasteiger partial charge in [-0.1, -0.05) is 32.1 Å². The van der Waals surface area contributed by atoms with Crippen molar-refractivity contribution in [2.24, 2.45) is 28.7 Å². The maximum absolute atomic E-state index is 4.64. The van der Waals surface area contributed by atoms with Gasteiger partial charge in [0.2, 0.25) is 0 Å². The van der Waals surface area contributed by atoms with Crippen molar-refractivity contribution in [2.45, 2.75) is 58.4 Å². The molecule has 2 aliphatic carbocycles. The van der Waals surface area contributed by atoms with Crippen molar-refractivity contribution in [2.75, 3.05) is 6.54 Å². The Bertz CT molecular complexity index is 718. The summed E-state index contributed by atoms with van der Waals surface area (Å²) in [6.45, 7) is 5.77. The second-order valence-corrected chi connectivity index (χ2v) is 8.91. The Morgan fingerprint density at radius 1 is 1.20 bits per heavy atom. The molecular weight excluding hydrogens is 304 g/mol. The van der Waals surface area contributed by atoms with Crippen molar-refractivity contribution >= 4 is 6.21 Å². The third-order valence-corrected chi connectivity index (χ3v) is 6.98. The second-order valence-electron chi connectivity index (χ2n) is 8.91. The van der Waals surface area contributed by atoms with Crippen LogP contribution in [0.25, 0.3) is 0 Å². The van der Waals surface area contributed by atoms with Crippen molar-refractivity contribution in [3.05, 3.63) is 46.8 Å². The fourth-order valence-electron chi connectivity index (χ4n) is 6.03. The summed E-state index contributed by atoms with van der Waals surface area (Å²) in [5.74, 6) is 2.94. The predicted molar refractivity (Wildman–Crippen MR) is 104 cm³/mol. The molecule has 2 nitrogen and oxygen atoms in total. The van der Waals surface area contributed by atoms with Crippen LogP contribution in [0.15, 0.2) is 51.8 Å². The number of allylic oxidation sites excluding steroid dienone is 5. The van der Waals surface area contributed by atoms with E-state index in [4.69, 9.17) is 0 Å². The van der Waals surface area contributed by atoms with E-state index in [-0.39, 0.29) is 0 Å². The Kier molecular flexibility index (Phi) is 3.76. The topological polar surface area (TPSA) is 15.6 Å². The molecule has 1 saturated heterocycles. The molecule has 5 rings (SSSR count). The van der Waals surface area contributed by atoms with Gasteiger partial charge in [-0.25, -0.2) is 0 Å². The van der Waals surface area contributed by atoms with Gasteiger partial charge < -0.3 is 4.90 Å². The van der Waals surface area contributed by atoms with Crippen LogP contribution in [0.4, 0.5) is 0 Å². The van der Waals surface area contributed by atoms with E-state index in [1.165, 1.54) is 38.5 Å². The van der Waals surface area contributed by atoms with E-state index < -0.39 is 0 Å². The van der Waals surface area contributed by atoms with Crippen molar-refractivity contribution in [1.82, 2.24) is 4.90 Å². The Morgan fingerprint density at radius 2 is 2.12 bits per heavy atom. The Hall–Kier alpha value is -1.57. The van der Waals surface area contributed by atoms with Crippen molar-refractivity contribution in [1.29, 1.82) is 0 Å². The quantitative estimate of drug-likeness (QED) is 0.672. The third kappa shape index (κ3) is 2.40. The molecule has 4 atom stereocenters. The van der Waals surface area contributed by atoms with Crippen LogP contribution >= 0.6 is 0 Å². The molecule has 3 aliphatic heterocycles. The molecule has 25 heavy (non-hydrogen) atoms. The van der Waals surface area contributed by atoms with Crippen LogP contribution < -0.4 is 0 Å². The maximum Gasteiger partial charge on any atom is 0.0585 e. The van der Waals surface area contributed by atoms with Gasteiger partial charge in [0.25, 0.3) is 0 Å². The zero-order chi connectivity index (χ0) is 17.0. The highest BCUT2D eigenvalue weighted by atomic mass is 15.2. The molecule has 2 unspecified atom stereocenters. The lowest BCUT2D eigenvalue weighted by molar-refractivity contribution is 0.302. The van der Waals surface area contributed by atoms with E-state index in [0.717, 1.165) is 24.3 Å². The molecule has 0 saturated carbocycles. The summed E-state index contributed by atoms with van der Waals surface area (Å²) in [4.78, 5) is 7.44. The van der Waals surface area contributed by atoms with Crippen LogP contribution in [0.5, 0.6) is 0 Å². The van der Waals surface area contributed by atoms with E-state index in [0.29, 0.717) is 12.0 Å². The van der Waals surface area contributed by atoms with E-state index in [9.17, 15) is 0 Å². The first-order valence-electron chi connectivity index (χ1n) is 10.3. The SMILES string of the molecule is CC(C)CC1CC[C@H]2C3=C1CC=C1C=CCCC1N3C1=CC=NC[C@@H]12. The van der Waals surface area contributed by atoms with Gasteiger partial charge in [0.1, 0.15) is 0 Å². The van der Waals surface area contributed by atoms with Crippen molar-refractivity contribution in [3.8, 4) is 0 Å². The Balaban J connectivity index is 1.65. The predicted octanol–water partition coefficient (Wildman–Crippen LogP) is 5.26. The van der Waals surface area contributed by atoms with Crippen LogP contribution in [0.2, 0.25) is 0 Å². The highest BCUT2D eigenvalue weighted by Crippen LogP contribution is 2.55. The third-order valence-electron chi connectivity index (χ3n) is 6.98. The number of aliphatic imine (C=N–C) groups is 1. The van der Waals surface area contributed by atoms with Crippen LogP contribution in [-0.4, -0.2) is 23.7 Å². The van der Waals surface area contributed by atoms with Gasteiger partial charge >= 0.3 is 0 Å². The summed E-state index contributed by atoms with van der Waals surface area (Å²) in [5, 5.41) is 0. The van der Waals surface area contributed by atoms with Gasteiger partial charge in [0.05, 0.1) is 6.04 Å². The van der Waals surface area contributed by atoms with Crippen molar-refractivity contribution in [3.63, 3.8) is 0 Å². The molecule has 3 heterocycles. The fourth-order valence-corrected chi connectivity index (χ4v) is 6.03. The summed E-state index contributed by atoms with van der Waals surface area (Å²) in [5.41, 5.74) is 6.64. The van der Waals surface area contributed by atoms with Gasteiger partial charge in [-0.05, 0) is 67.6 Å². The smallest absolute Gasteiger partial charge is 0.0585 e. The summed E-state index contributed by atoms with van der Waals surface area (Å²) in [6.07, 6.45) is 19.5. The molecule has 0 amide bonds. The first-order chi connectivity index (χ1) is 12.2. The monoisotopic (exact) mass is 334 g/mol. The maximum atomic E-state index is 4.64. The number of hydrogen-bond acceptors (Lipinski definition) is 2. The zero-order valence-electron chi connectivity index (χ0n) is 15.6. The summed E-state index contributed by atoms with van der Waals surface area (Å²) in [7, 11) is 0. The molecule has 0 aromatic rings. The van der Waals surface area contributed by atoms with Gasteiger partial charge in [-0.2, -0.15) is 0 Å². The lowest BCUT2D eigenvalue weighted by Crippen LogP contribution is -2.35. The number of fused-ring (bicyclic) bond motifs is 5. The molecular formula is C23H30N2. The fraction of sp³-hybridized carbons (Fsp3) is 0.609. The van der Waals surface area contributed by atoms with Gasteiger partial charge in [0.15, 0.2) is 0 Å². The molecule has 0 aromatic heterocycles. The standard InChI is InChI=1S/C23H30N2/c1-15(2)13-17-8-10-19-20-14-24-12-11-22(20)25-21-6-4-3-5-16(21)7-9-18(17)23(19)25/h3,5,7,11-12,15,17,19-21H,4,6,8-10,13-14H2,1-2H3/t17?,19-,20-,21?/m1/s1. The van der Waals surface area contributed by atoms with Crippen LogP contribution in [0, 0.1) is 23.7 Å². The van der Waals surface area contributed by atoms with Crippen LogP contribution in [0.1, 0.15) is 52.4 Å². The first kappa shape index (κ1) is 15.7. The normalized spacial score (nSPS) is 35.9. The molecule has 5 aliphatic rings. The van der Waals surface area contributed by atoms with E-state index in [2.05, 4.69) is 54.3 Å². The minimum Gasteiger partial charge on any atom is -0.341 e. The minimum absolute atomic E-state index is 0.570. The lowest BCUT2D eigenvalue weighted by atomic mass is 9.73. The largest absolute Gasteiger partial charge is 0.341 e. The molecule has 0 N–H and O–H groups in total. The van der Waals surface area contributed by atoms with Crippen molar-refractivity contribution < 1.29 is 0 Å². The highest BCUT2D eigenvalue weighted by molar-refractivity contribution is 5.74. The zero-order valence-corrected chi connectivity index (χ0v) is 15.6. The molecule has 132 valence electrons. The average molecular weight is 335 g/mol. The van der Waals surface area contributed by atoms with Gasteiger partial charge in [-0.15, -0.1) is 0 Å².